The molecule has 0 saturated carbocycles. The Hall–Kier alpha value is -0.630. The van der Waals surface area contributed by atoms with E-state index in [1.165, 1.54) is 5.57 Å². The Morgan fingerprint density at radius 3 is 2.70 bits per heavy atom. The molecule has 2 heteroatoms. The molecule has 0 spiro atoms. The van der Waals surface area contributed by atoms with Crippen LogP contribution in [0.15, 0.2) is 11.6 Å². The van der Waals surface area contributed by atoms with Gasteiger partial charge in [0, 0.05) is 6.42 Å². The Bertz CT molecular complexity index is 130. The van der Waals surface area contributed by atoms with Crippen LogP contribution in [0.5, 0.6) is 0 Å². The number of ether oxygens (including phenoxy) is 1. The van der Waals surface area contributed by atoms with E-state index >= 15 is 0 Å². The fourth-order valence-corrected chi connectivity index (χ4v) is 1.05. The first kappa shape index (κ1) is 7.48. The number of hydrogen-bond donors (Lipinski definition) is 0. The van der Waals surface area contributed by atoms with Crippen molar-refractivity contribution in [1.29, 1.82) is 0 Å². The number of allylic oxidation sites excluding steroid dienone is 1. The Balaban J connectivity index is 2.30. The third-order valence-electron chi connectivity index (χ3n) is 1.64. The zero-order chi connectivity index (χ0) is 7.23. The van der Waals surface area contributed by atoms with E-state index in [0.29, 0.717) is 6.42 Å². The molecule has 1 aliphatic rings. The molecule has 0 atom stereocenters. The van der Waals surface area contributed by atoms with Crippen molar-refractivity contribution >= 4 is 6.29 Å². The molecule has 1 saturated heterocycles. The van der Waals surface area contributed by atoms with E-state index in [-0.39, 0.29) is 0 Å². The SMILES string of the molecule is O=CCC=C1CCOCC1. The average Bonchev–Trinajstić information content (AvgIpc) is 2.03. The van der Waals surface area contributed by atoms with Gasteiger partial charge >= 0.3 is 0 Å². The molecule has 0 aromatic rings. The molecule has 1 heterocycles. The smallest absolute Gasteiger partial charge is 0.123 e. The standard InChI is InChI=1S/C8H12O2/c9-5-1-2-8-3-6-10-7-4-8/h2,5H,1,3-4,6-7H2. The van der Waals surface area contributed by atoms with Gasteiger partial charge in [0.15, 0.2) is 0 Å². The lowest BCUT2D eigenvalue weighted by Gasteiger charge is -2.13. The summed E-state index contributed by atoms with van der Waals surface area (Å²) in [4.78, 5) is 9.97. The van der Waals surface area contributed by atoms with Gasteiger partial charge < -0.3 is 9.53 Å². The molecule has 0 aromatic carbocycles. The van der Waals surface area contributed by atoms with E-state index in [0.717, 1.165) is 32.3 Å². The molecule has 0 unspecified atom stereocenters. The highest BCUT2D eigenvalue weighted by atomic mass is 16.5. The monoisotopic (exact) mass is 140 g/mol. The molecule has 56 valence electrons. The molecule has 0 amide bonds. The van der Waals surface area contributed by atoms with Crippen LogP contribution in [-0.4, -0.2) is 19.5 Å². The summed E-state index contributed by atoms with van der Waals surface area (Å²) in [6.07, 6.45) is 5.52. The van der Waals surface area contributed by atoms with Gasteiger partial charge in [-0.15, -0.1) is 0 Å². The Kier molecular flexibility index (Phi) is 3.16. The average molecular weight is 140 g/mol. The Morgan fingerprint density at radius 2 is 2.10 bits per heavy atom. The van der Waals surface area contributed by atoms with Crippen LogP contribution in [0.2, 0.25) is 0 Å². The maximum atomic E-state index is 9.97. The maximum absolute atomic E-state index is 9.97. The van der Waals surface area contributed by atoms with Gasteiger partial charge in [-0.2, -0.15) is 0 Å². The molecule has 0 aliphatic carbocycles. The minimum atomic E-state index is 0.565. The highest BCUT2D eigenvalue weighted by Crippen LogP contribution is 2.12. The second kappa shape index (κ2) is 4.23. The van der Waals surface area contributed by atoms with Crippen LogP contribution in [-0.2, 0) is 9.53 Å². The van der Waals surface area contributed by atoms with Crippen LogP contribution in [0.4, 0.5) is 0 Å². The highest BCUT2D eigenvalue weighted by Gasteiger charge is 2.03. The third-order valence-corrected chi connectivity index (χ3v) is 1.64. The van der Waals surface area contributed by atoms with Crippen molar-refractivity contribution in [1.82, 2.24) is 0 Å². The maximum Gasteiger partial charge on any atom is 0.123 e. The number of aldehydes is 1. The Morgan fingerprint density at radius 1 is 1.40 bits per heavy atom. The predicted octanol–water partition coefficient (Wildman–Crippen LogP) is 1.31. The van der Waals surface area contributed by atoms with Gasteiger partial charge in [-0.05, 0) is 12.8 Å². The van der Waals surface area contributed by atoms with Crippen LogP contribution < -0.4 is 0 Å². The number of carbonyl (C=O) groups is 1. The van der Waals surface area contributed by atoms with E-state index < -0.39 is 0 Å². The lowest BCUT2D eigenvalue weighted by molar-refractivity contribution is -0.107. The van der Waals surface area contributed by atoms with Crippen molar-refractivity contribution in [3.8, 4) is 0 Å². The molecule has 0 aromatic heterocycles. The molecule has 1 fully saturated rings. The van der Waals surface area contributed by atoms with E-state index in [9.17, 15) is 4.79 Å². The summed E-state index contributed by atoms with van der Waals surface area (Å²) in [5.41, 5.74) is 1.37. The Labute approximate surface area is 60.9 Å². The van der Waals surface area contributed by atoms with Gasteiger partial charge in [-0.3, -0.25) is 0 Å². The minimum absolute atomic E-state index is 0.565. The van der Waals surface area contributed by atoms with Gasteiger partial charge in [0.05, 0.1) is 13.2 Å². The van der Waals surface area contributed by atoms with E-state index in [4.69, 9.17) is 4.74 Å². The largest absolute Gasteiger partial charge is 0.381 e. The number of hydrogen-bond acceptors (Lipinski definition) is 2. The number of carbonyl (C=O) groups excluding carboxylic acids is 1. The normalized spacial score (nSPS) is 18.6. The van der Waals surface area contributed by atoms with Crippen LogP contribution in [0.25, 0.3) is 0 Å². The molecule has 0 radical (unpaired) electrons. The van der Waals surface area contributed by atoms with Crippen LogP contribution in [0.3, 0.4) is 0 Å². The van der Waals surface area contributed by atoms with Crippen LogP contribution in [0.1, 0.15) is 19.3 Å². The first-order valence-electron chi connectivity index (χ1n) is 3.63. The molecule has 0 N–H and O–H groups in total. The van der Waals surface area contributed by atoms with E-state index in [1.807, 2.05) is 6.08 Å². The van der Waals surface area contributed by atoms with Gasteiger partial charge in [0.25, 0.3) is 0 Å². The molecular weight excluding hydrogens is 128 g/mol. The first-order chi connectivity index (χ1) is 4.93. The molecule has 10 heavy (non-hydrogen) atoms. The zero-order valence-electron chi connectivity index (χ0n) is 6.01. The summed E-state index contributed by atoms with van der Waals surface area (Å²) in [6, 6.07) is 0. The van der Waals surface area contributed by atoms with Crippen molar-refractivity contribution < 1.29 is 9.53 Å². The molecule has 1 rings (SSSR count). The van der Waals surface area contributed by atoms with Gasteiger partial charge in [-0.25, -0.2) is 0 Å². The molecule has 0 bridgehead atoms. The summed E-state index contributed by atoms with van der Waals surface area (Å²) in [6.45, 7) is 1.65. The van der Waals surface area contributed by atoms with Crippen LogP contribution >= 0.6 is 0 Å². The minimum Gasteiger partial charge on any atom is -0.381 e. The van der Waals surface area contributed by atoms with Gasteiger partial charge in [0.1, 0.15) is 6.29 Å². The van der Waals surface area contributed by atoms with Gasteiger partial charge in [0.2, 0.25) is 0 Å². The summed E-state index contributed by atoms with van der Waals surface area (Å²) < 4.78 is 5.15. The molecule has 1 aliphatic heterocycles. The van der Waals surface area contributed by atoms with Crippen molar-refractivity contribution in [2.24, 2.45) is 0 Å². The predicted molar refractivity (Wildman–Crippen MR) is 38.8 cm³/mol. The first-order valence-corrected chi connectivity index (χ1v) is 3.63. The summed E-state index contributed by atoms with van der Waals surface area (Å²) in [5, 5.41) is 0. The summed E-state index contributed by atoms with van der Waals surface area (Å²) >= 11 is 0. The lowest BCUT2D eigenvalue weighted by Crippen LogP contribution is -2.07. The topological polar surface area (TPSA) is 26.3 Å². The van der Waals surface area contributed by atoms with E-state index in [1.54, 1.807) is 0 Å². The summed E-state index contributed by atoms with van der Waals surface area (Å²) in [7, 11) is 0. The highest BCUT2D eigenvalue weighted by molar-refractivity contribution is 5.52. The quantitative estimate of drug-likeness (QED) is 0.427. The van der Waals surface area contributed by atoms with Crippen molar-refractivity contribution in [3.05, 3.63) is 11.6 Å². The molecular formula is C8H12O2. The number of rotatable bonds is 2. The van der Waals surface area contributed by atoms with Crippen LogP contribution in [0, 0.1) is 0 Å². The second-order valence-electron chi connectivity index (χ2n) is 2.38. The molecule has 2 nitrogen and oxygen atoms in total. The zero-order valence-corrected chi connectivity index (χ0v) is 6.01. The summed E-state index contributed by atoms with van der Waals surface area (Å²) in [5.74, 6) is 0. The third kappa shape index (κ3) is 2.31. The van der Waals surface area contributed by atoms with Crippen molar-refractivity contribution in [2.75, 3.05) is 13.2 Å². The van der Waals surface area contributed by atoms with Crippen molar-refractivity contribution in [2.45, 2.75) is 19.3 Å². The lowest BCUT2D eigenvalue weighted by atomic mass is 10.1. The van der Waals surface area contributed by atoms with Gasteiger partial charge in [-0.1, -0.05) is 11.6 Å². The fourth-order valence-electron chi connectivity index (χ4n) is 1.05. The second-order valence-corrected chi connectivity index (χ2v) is 2.38. The fraction of sp³-hybridized carbons (Fsp3) is 0.625. The van der Waals surface area contributed by atoms with Crippen molar-refractivity contribution in [3.63, 3.8) is 0 Å². The van der Waals surface area contributed by atoms with E-state index in [2.05, 4.69) is 0 Å².